The summed E-state index contributed by atoms with van der Waals surface area (Å²) < 4.78 is 42.5. The van der Waals surface area contributed by atoms with Crippen LogP contribution in [-0.2, 0) is 23.5 Å². The summed E-state index contributed by atoms with van der Waals surface area (Å²) in [4.78, 5) is 3.92. The van der Waals surface area contributed by atoms with Crippen molar-refractivity contribution in [3.05, 3.63) is 48.2 Å². The van der Waals surface area contributed by atoms with Gasteiger partial charge < -0.3 is 9.67 Å². The topological polar surface area (TPSA) is 75.4 Å². The molecule has 0 unspecified atom stereocenters. The van der Waals surface area contributed by atoms with Crippen molar-refractivity contribution in [1.29, 1.82) is 0 Å². The molecule has 1 aromatic carbocycles. The molecular formula is C16H20FN3O3S. The van der Waals surface area contributed by atoms with Crippen LogP contribution in [-0.4, -0.2) is 46.1 Å². The summed E-state index contributed by atoms with van der Waals surface area (Å²) in [5, 5.41) is 10.3. The van der Waals surface area contributed by atoms with Gasteiger partial charge in [-0.3, -0.25) is 0 Å². The lowest BCUT2D eigenvalue weighted by Gasteiger charge is -2.37. The zero-order chi connectivity index (χ0) is 17.3. The minimum absolute atomic E-state index is 0.0577. The van der Waals surface area contributed by atoms with E-state index in [4.69, 9.17) is 0 Å². The summed E-state index contributed by atoms with van der Waals surface area (Å²) >= 11 is 0. The highest BCUT2D eigenvalue weighted by Crippen LogP contribution is 2.27. The third-order valence-corrected chi connectivity index (χ3v) is 6.14. The number of benzene rings is 1. The molecule has 0 radical (unpaired) electrons. The lowest BCUT2D eigenvalue weighted by Crippen LogP contribution is -2.52. The van der Waals surface area contributed by atoms with Crippen molar-refractivity contribution in [3.63, 3.8) is 0 Å². The fourth-order valence-corrected chi connectivity index (χ4v) is 4.74. The first-order valence-corrected chi connectivity index (χ1v) is 9.25. The molecule has 0 amide bonds. The van der Waals surface area contributed by atoms with Gasteiger partial charge in [-0.25, -0.2) is 17.8 Å². The maximum atomic E-state index is 14.0. The van der Waals surface area contributed by atoms with Crippen molar-refractivity contribution in [2.45, 2.75) is 36.4 Å². The monoisotopic (exact) mass is 353 g/mol. The predicted octanol–water partition coefficient (Wildman–Crippen LogP) is 1.32. The molecule has 8 heteroatoms. The first kappa shape index (κ1) is 17.1. The van der Waals surface area contributed by atoms with Gasteiger partial charge in [-0.05, 0) is 30.9 Å². The third-order valence-electron chi connectivity index (χ3n) is 4.33. The fourth-order valence-electron chi connectivity index (χ4n) is 3.07. The van der Waals surface area contributed by atoms with Crippen molar-refractivity contribution in [3.8, 4) is 0 Å². The Morgan fingerprint density at radius 2 is 2.12 bits per heavy atom. The van der Waals surface area contributed by atoms with Crippen molar-refractivity contribution in [1.82, 2.24) is 13.9 Å². The van der Waals surface area contributed by atoms with Crippen molar-refractivity contribution >= 4 is 10.0 Å². The number of rotatable bonds is 4. The molecule has 6 nitrogen and oxygen atoms in total. The van der Waals surface area contributed by atoms with Gasteiger partial charge in [0.05, 0.1) is 18.5 Å². The molecule has 2 atom stereocenters. The highest BCUT2D eigenvalue weighted by atomic mass is 32.2. The van der Waals surface area contributed by atoms with Gasteiger partial charge in [0, 0.05) is 19.8 Å². The van der Waals surface area contributed by atoms with E-state index in [1.807, 2.05) is 0 Å². The zero-order valence-corrected chi connectivity index (χ0v) is 14.2. The number of hydrogen-bond donors (Lipinski definition) is 1. The standard InChI is InChI=1S/C16H20FN3O3S/c1-19-10-16(18-11-19)24(22,23)20-8-4-7-15(21)14(20)9-12-5-2-3-6-13(12)17/h2-3,5-6,10-11,14-15,21H,4,7-9H2,1H3/t14-,15-/m0/s1. The number of aliphatic hydroxyl groups is 1. The number of hydrogen-bond acceptors (Lipinski definition) is 4. The van der Waals surface area contributed by atoms with Crippen LogP contribution in [0.4, 0.5) is 4.39 Å². The molecule has 1 aliphatic heterocycles. The number of aromatic nitrogens is 2. The first-order valence-electron chi connectivity index (χ1n) is 7.81. The SMILES string of the molecule is Cn1cnc(S(=O)(=O)N2CCC[C@H](O)[C@@H]2Cc2ccccc2F)c1. The van der Waals surface area contributed by atoms with E-state index in [0.29, 0.717) is 18.4 Å². The van der Waals surface area contributed by atoms with Crippen LogP contribution in [0.2, 0.25) is 0 Å². The lowest BCUT2D eigenvalue weighted by atomic mass is 9.95. The number of aliphatic hydroxyl groups excluding tert-OH is 1. The maximum absolute atomic E-state index is 14.0. The van der Waals surface area contributed by atoms with E-state index in [1.54, 1.807) is 29.8 Å². The number of sulfonamides is 1. The number of nitrogens with zero attached hydrogens (tertiary/aromatic N) is 3. The molecule has 2 aromatic rings. The molecule has 2 heterocycles. The molecule has 24 heavy (non-hydrogen) atoms. The molecule has 0 aliphatic carbocycles. The summed E-state index contributed by atoms with van der Waals surface area (Å²) in [6.07, 6.45) is 3.18. The van der Waals surface area contributed by atoms with Gasteiger partial charge in [0.15, 0.2) is 5.03 Å². The average molecular weight is 353 g/mol. The van der Waals surface area contributed by atoms with E-state index >= 15 is 0 Å². The second kappa shape index (κ2) is 6.62. The number of halogens is 1. The number of piperidine rings is 1. The normalized spacial score (nSPS) is 22.6. The van der Waals surface area contributed by atoms with Crippen molar-refractivity contribution in [2.75, 3.05) is 6.54 Å². The molecule has 0 saturated carbocycles. The van der Waals surface area contributed by atoms with E-state index in [0.717, 1.165) is 0 Å². The van der Waals surface area contributed by atoms with Crippen LogP contribution in [0.3, 0.4) is 0 Å². The van der Waals surface area contributed by atoms with Gasteiger partial charge >= 0.3 is 0 Å². The van der Waals surface area contributed by atoms with Gasteiger partial charge in [0.25, 0.3) is 10.0 Å². The highest BCUT2D eigenvalue weighted by Gasteiger charge is 2.39. The van der Waals surface area contributed by atoms with Crippen LogP contribution in [0.1, 0.15) is 18.4 Å². The Morgan fingerprint density at radius 3 is 2.79 bits per heavy atom. The minimum Gasteiger partial charge on any atom is -0.391 e. The van der Waals surface area contributed by atoms with Crippen LogP contribution in [0.25, 0.3) is 0 Å². The summed E-state index contributed by atoms with van der Waals surface area (Å²) in [6, 6.07) is 5.52. The zero-order valence-electron chi connectivity index (χ0n) is 13.3. The lowest BCUT2D eigenvalue weighted by molar-refractivity contribution is 0.0521. The summed E-state index contributed by atoms with van der Waals surface area (Å²) in [6.45, 7) is 0.287. The molecule has 0 spiro atoms. The van der Waals surface area contributed by atoms with Crippen LogP contribution < -0.4 is 0 Å². The maximum Gasteiger partial charge on any atom is 0.262 e. The van der Waals surface area contributed by atoms with Gasteiger partial charge in [0.2, 0.25) is 0 Å². The van der Waals surface area contributed by atoms with E-state index in [2.05, 4.69) is 4.98 Å². The van der Waals surface area contributed by atoms with E-state index in [1.165, 1.54) is 22.9 Å². The molecule has 1 N–H and O–H groups in total. The van der Waals surface area contributed by atoms with Crippen molar-refractivity contribution in [2.24, 2.45) is 7.05 Å². The third kappa shape index (κ3) is 3.22. The Labute approximate surface area is 140 Å². The minimum atomic E-state index is -3.84. The molecule has 0 bridgehead atoms. The quantitative estimate of drug-likeness (QED) is 0.899. The van der Waals surface area contributed by atoms with E-state index in [-0.39, 0.29) is 18.0 Å². The average Bonchev–Trinajstić information content (AvgIpc) is 2.98. The molecule has 1 saturated heterocycles. The Bertz CT molecular complexity index is 821. The molecule has 1 aliphatic rings. The summed E-state index contributed by atoms with van der Waals surface area (Å²) in [5.74, 6) is -0.398. The fraction of sp³-hybridized carbons (Fsp3) is 0.438. The number of aryl methyl sites for hydroxylation is 1. The summed E-state index contributed by atoms with van der Waals surface area (Å²) in [7, 11) is -2.15. The predicted molar refractivity (Wildman–Crippen MR) is 86.2 cm³/mol. The number of imidazole rings is 1. The molecular weight excluding hydrogens is 333 g/mol. The van der Waals surface area contributed by atoms with Crippen molar-refractivity contribution < 1.29 is 17.9 Å². The Kier molecular flexibility index (Phi) is 4.71. The highest BCUT2D eigenvalue weighted by molar-refractivity contribution is 7.89. The molecule has 130 valence electrons. The Balaban J connectivity index is 1.94. The largest absolute Gasteiger partial charge is 0.391 e. The van der Waals surface area contributed by atoms with E-state index in [9.17, 15) is 17.9 Å². The van der Waals surface area contributed by atoms with E-state index < -0.39 is 28.0 Å². The smallest absolute Gasteiger partial charge is 0.262 e. The summed E-state index contributed by atoms with van der Waals surface area (Å²) in [5.41, 5.74) is 0.393. The van der Waals surface area contributed by atoms with Gasteiger partial charge in [-0.2, -0.15) is 4.31 Å². The van der Waals surface area contributed by atoms with Crippen LogP contribution in [0, 0.1) is 5.82 Å². The Hall–Kier alpha value is -1.77. The van der Waals surface area contributed by atoms with Gasteiger partial charge in [-0.15, -0.1) is 0 Å². The second-order valence-electron chi connectivity index (χ2n) is 6.07. The Morgan fingerprint density at radius 1 is 1.38 bits per heavy atom. The molecule has 1 fully saturated rings. The molecule has 3 rings (SSSR count). The first-order chi connectivity index (χ1) is 11.4. The van der Waals surface area contributed by atoms with Gasteiger partial charge in [0.1, 0.15) is 5.82 Å². The van der Waals surface area contributed by atoms with Gasteiger partial charge in [-0.1, -0.05) is 18.2 Å². The second-order valence-corrected chi connectivity index (χ2v) is 7.90. The van der Waals surface area contributed by atoms with Crippen LogP contribution in [0.15, 0.2) is 41.8 Å². The molecule has 1 aromatic heterocycles. The van der Waals surface area contributed by atoms with Crippen LogP contribution in [0.5, 0.6) is 0 Å². The van der Waals surface area contributed by atoms with Crippen LogP contribution >= 0.6 is 0 Å².